The van der Waals surface area contributed by atoms with E-state index in [-0.39, 0.29) is 16.7 Å². The molecule has 1 aliphatic rings. The van der Waals surface area contributed by atoms with Crippen LogP contribution in [-0.4, -0.2) is 36.9 Å². The monoisotopic (exact) mass is 363 g/mol. The van der Waals surface area contributed by atoms with Gasteiger partial charge in [0.15, 0.2) is 0 Å². The third-order valence-corrected chi connectivity index (χ3v) is 6.35. The van der Waals surface area contributed by atoms with Crippen LogP contribution >= 0.6 is 0 Å². The topological polar surface area (TPSA) is 92.5 Å². The first-order chi connectivity index (χ1) is 11.8. The van der Waals surface area contributed by atoms with Gasteiger partial charge >= 0.3 is 0 Å². The molecule has 25 heavy (non-hydrogen) atoms. The number of amides is 1. The van der Waals surface area contributed by atoms with Crippen molar-refractivity contribution in [1.29, 1.82) is 0 Å². The first-order valence-electron chi connectivity index (χ1n) is 8.15. The highest BCUT2D eigenvalue weighted by Crippen LogP contribution is 2.34. The maximum atomic E-state index is 12.9. The molecule has 1 N–H and O–H groups in total. The van der Waals surface area contributed by atoms with Crippen LogP contribution in [0.1, 0.15) is 31.0 Å². The van der Waals surface area contributed by atoms with Gasteiger partial charge in [-0.05, 0) is 43.9 Å². The minimum atomic E-state index is -3.54. The van der Waals surface area contributed by atoms with Crippen molar-refractivity contribution in [1.82, 2.24) is 9.46 Å². The van der Waals surface area contributed by atoms with Gasteiger partial charge < -0.3 is 4.52 Å². The standard InChI is InChI=1S/C17H21N3O4S/c1-11-6-7-14(16-12(2)19-24-17(16)18-13(3)21)10-15(11)25(22,23)20-8-4-5-9-20/h6-7,10H,4-5,8-9H2,1-3H3,(H,18,21). The first-order valence-corrected chi connectivity index (χ1v) is 9.60. The largest absolute Gasteiger partial charge is 0.337 e. The summed E-state index contributed by atoms with van der Waals surface area (Å²) in [6, 6.07) is 5.21. The Morgan fingerprint density at radius 1 is 1.24 bits per heavy atom. The summed E-state index contributed by atoms with van der Waals surface area (Å²) in [4.78, 5) is 11.6. The molecule has 1 aromatic carbocycles. The molecule has 1 amide bonds. The quantitative estimate of drug-likeness (QED) is 0.901. The molecule has 3 rings (SSSR count). The lowest BCUT2D eigenvalue weighted by Crippen LogP contribution is -2.28. The average Bonchev–Trinajstić information content (AvgIpc) is 3.18. The lowest BCUT2D eigenvalue weighted by molar-refractivity contribution is -0.114. The van der Waals surface area contributed by atoms with Crippen LogP contribution in [-0.2, 0) is 14.8 Å². The van der Waals surface area contributed by atoms with Crippen LogP contribution in [0.25, 0.3) is 11.1 Å². The van der Waals surface area contributed by atoms with Gasteiger partial charge in [-0.2, -0.15) is 4.31 Å². The van der Waals surface area contributed by atoms with E-state index in [1.54, 1.807) is 26.0 Å². The summed E-state index contributed by atoms with van der Waals surface area (Å²) in [5, 5.41) is 6.48. The number of rotatable bonds is 4. The SMILES string of the molecule is CC(=O)Nc1onc(C)c1-c1ccc(C)c(S(=O)(=O)N2CCCC2)c1. The predicted octanol–water partition coefficient (Wildman–Crippen LogP) is 2.70. The maximum Gasteiger partial charge on any atom is 0.243 e. The predicted molar refractivity (Wildman–Crippen MR) is 93.7 cm³/mol. The minimum Gasteiger partial charge on any atom is -0.337 e. The molecule has 0 aliphatic carbocycles. The Morgan fingerprint density at radius 2 is 1.92 bits per heavy atom. The van der Waals surface area contributed by atoms with Gasteiger partial charge in [-0.15, -0.1) is 0 Å². The van der Waals surface area contributed by atoms with Gasteiger partial charge in [-0.25, -0.2) is 8.42 Å². The van der Waals surface area contributed by atoms with Crippen molar-refractivity contribution in [3.8, 4) is 11.1 Å². The molecule has 0 unspecified atom stereocenters. The highest BCUT2D eigenvalue weighted by atomic mass is 32.2. The number of hydrogen-bond donors (Lipinski definition) is 1. The number of anilines is 1. The van der Waals surface area contributed by atoms with E-state index in [0.717, 1.165) is 12.8 Å². The van der Waals surface area contributed by atoms with Crippen LogP contribution in [0.4, 0.5) is 5.88 Å². The number of carbonyl (C=O) groups is 1. The highest BCUT2D eigenvalue weighted by molar-refractivity contribution is 7.89. The summed E-state index contributed by atoms with van der Waals surface area (Å²) in [5.74, 6) is -0.0622. The molecule has 1 fully saturated rings. The molecule has 0 atom stereocenters. The molecule has 0 radical (unpaired) electrons. The minimum absolute atomic E-state index is 0.221. The van der Waals surface area contributed by atoms with E-state index in [4.69, 9.17) is 4.52 Å². The van der Waals surface area contributed by atoms with Crippen LogP contribution in [0, 0.1) is 13.8 Å². The zero-order valence-electron chi connectivity index (χ0n) is 14.5. The normalized spacial score (nSPS) is 15.5. The number of carbonyl (C=O) groups excluding carboxylic acids is 1. The summed E-state index contributed by atoms with van der Waals surface area (Å²) in [6.07, 6.45) is 1.77. The number of benzene rings is 1. The van der Waals surface area contributed by atoms with Crippen molar-refractivity contribution in [3.63, 3.8) is 0 Å². The van der Waals surface area contributed by atoms with Crippen molar-refractivity contribution < 1.29 is 17.7 Å². The molecule has 2 aromatic rings. The third-order valence-electron chi connectivity index (χ3n) is 4.31. The number of hydrogen-bond acceptors (Lipinski definition) is 5. The Labute approximate surface area is 147 Å². The Balaban J connectivity index is 2.09. The molecular weight excluding hydrogens is 342 g/mol. The van der Waals surface area contributed by atoms with E-state index in [9.17, 15) is 13.2 Å². The fourth-order valence-corrected chi connectivity index (χ4v) is 4.82. The zero-order chi connectivity index (χ0) is 18.2. The molecule has 134 valence electrons. The van der Waals surface area contributed by atoms with Crippen molar-refractivity contribution in [3.05, 3.63) is 29.5 Å². The summed E-state index contributed by atoms with van der Waals surface area (Å²) in [5.41, 5.74) is 2.50. The van der Waals surface area contributed by atoms with Crippen LogP contribution in [0.5, 0.6) is 0 Å². The Kier molecular flexibility index (Phi) is 4.66. The second kappa shape index (κ2) is 6.61. The molecule has 0 bridgehead atoms. The molecular formula is C17H21N3O4S. The van der Waals surface area contributed by atoms with Gasteiger partial charge in [0, 0.05) is 20.0 Å². The van der Waals surface area contributed by atoms with Crippen molar-refractivity contribution >= 4 is 21.8 Å². The van der Waals surface area contributed by atoms with E-state index in [1.165, 1.54) is 11.2 Å². The Hall–Kier alpha value is -2.19. The Bertz CT molecular complexity index is 912. The summed E-state index contributed by atoms with van der Waals surface area (Å²) in [6.45, 7) is 6.01. The second-order valence-electron chi connectivity index (χ2n) is 6.24. The molecule has 0 saturated carbocycles. The molecule has 1 aliphatic heterocycles. The molecule has 1 aromatic heterocycles. The van der Waals surface area contributed by atoms with Crippen molar-refractivity contribution in [2.75, 3.05) is 18.4 Å². The van der Waals surface area contributed by atoms with Crippen molar-refractivity contribution in [2.24, 2.45) is 0 Å². The summed E-state index contributed by atoms with van der Waals surface area (Å²) >= 11 is 0. The molecule has 8 heteroatoms. The van der Waals surface area contributed by atoms with Gasteiger partial charge in [0.1, 0.15) is 0 Å². The van der Waals surface area contributed by atoms with Crippen LogP contribution in [0.2, 0.25) is 0 Å². The molecule has 2 heterocycles. The number of nitrogens with one attached hydrogen (secondary N) is 1. The van der Waals surface area contributed by atoms with Gasteiger partial charge in [0.05, 0.1) is 16.2 Å². The number of aryl methyl sites for hydroxylation is 2. The Morgan fingerprint density at radius 3 is 2.56 bits per heavy atom. The average molecular weight is 363 g/mol. The van der Waals surface area contributed by atoms with Gasteiger partial charge in [0.25, 0.3) is 0 Å². The number of nitrogens with zero attached hydrogens (tertiary/aromatic N) is 2. The van der Waals surface area contributed by atoms with Gasteiger partial charge in [0.2, 0.25) is 21.8 Å². The van der Waals surface area contributed by atoms with Crippen LogP contribution in [0.3, 0.4) is 0 Å². The zero-order valence-corrected chi connectivity index (χ0v) is 15.3. The molecule has 1 saturated heterocycles. The van der Waals surface area contributed by atoms with Crippen molar-refractivity contribution in [2.45, 2.75) is 38.5 Å². The smallest absolute Gasteiger partial charge is 0.243 e. The molecule has 7 nitrogen and oxygen atoms in total. The summed E-state index contributed by atoms with van der Waals surface area (Å²) < 4.78 is 32.6. The third kappa shape index (κ3) is 3.32. The number of sulfonamides is 1. The van der Waals surface area contributed by atoms with E-state index in [1.807, 2.05) is 6.07 Å². The van der Waals surface area contributed by atoms with Crippen LogP contribution in [0.15, 0.2) is 27.6 Å². The fourth-order valence-electron chi connectivity index (χ4n) is 3.06. The van der Waals surface area contributed by atoms with Gasteiger partial charge in [-0.3, -0.25) is 10.1 Å². The van der Waals surface area contributed by atoms with E-state index < -0.39 is 10.0 Å². The van der Waals surface area contributed by atoms with E-state index in [2.05, 4.69) is 10.5 Å². The molecule has 0 spiro atoms. The van der Waals surface area contributed by atoms with E-state index >= 15 is 0 Å². The van der Waals surface area contributed by atoms with Gasteiger partial charge in [-0.1, -0.05) is 17.3 Å². The van der Waals surface area contributed by atoms with E-state index in [0.29, 0.717) is 35.5 Å². The fraction of sp³-hybridized carbons (Fsp3) is 0.412. The number of aromatic nitrogens is 1. The second-order valence-corrected chi connectivity index (χ2v) is 8.15. The first kappa shape index (κ1) is 17.6. The maximum absolute atomic E-state index is 12.9. The highest BCUT2D eigenvalue weighted by Gasteiger charge is 2.29. The van der Waals surface area contributed by atoms with Crippen LogP contribution < -0.4 is 5.32 Å². The lowest BCUT2D eigenvalue weighted by atomic mass is 10.0. The lowest BCUT2D eigenvalue weighted by Gasteiger charge is -2.18. The summed E-state index contributed by atoms with van der Waals surface area (Å²) in [7, 11) is -3.54.